The number of carbonyl (C=O) groups is 2. The number of benzene rings is 1. The van der Waals surface area contributed by atoms with Gasteiger partial charge in [0, 0.05) is 10.0 Å². The Bertz CT molecular complexity index is 537. The van der Waals surface area contributed by atoms with Gasteiger partial charge < -0.3 is 14.6 Å². The highest BCUT2D eigenvalue weighted by molar-refractivity contribution is 9.10. The molecule has 0 aliphatic rings. The maximum absolute atomic E-state index is 11.3. The summed E-state index contributed by atoms with van der Waals surface area (Å²) in [5.41, 5.74) is 0.0270. The lowest BCUT2D eigenvalue weighted by atomic mass is 9.85. The lowest BCUT2D eigenvalue weighted by molar-refractivity contribution is -0.146. The van der Waals surface area contributed by atoms with Gasteiger partial charge in [-0.15, -0.1) is 0 Å². The first-order valence-corrected chi connectivity index (χ1v) is 6.69. The summed E-state index contributed by atoms with van der Waals surface area (Å²) in [6.45, 7) is 3.25. The van der Waals surface area contributed by atoms with Crippen LogP contribution in [0.1, 0.15) is 29.8 Å². The molecule has 0 atom stereocenters. The highest BCUT2D eigenvalue weighted by atomic mass is 79.9. The van der Waals surface area contributed by atoms with Crippen molar-refractivity contribution >= 4 is 28.2 Å². The lowest BCUT2D eigenvalue weighted by Gasteiger charge is -2.23. The zero-order valence-electron chi connectivity index (χ0n) is 11.8. The van der Waals surface area contributed by atoms with Crippen LogP contribution in [0.25, 0.3) is 0 Å². The van der Waals surface area contributed by atoms with Crippen molar-refractivity contribution in [3.05, 3.63) is 21.7 Å². The molecule has 0 heterocycles. The highest BCUT2D eigenvalue weighted by Crippen LogP contribution is 2.41. The van der Waals surface area contributed by atoms with E-state index in [0.717, 1.165) is 0 Å². The van der Waals surface area contributed by atoms with Crippen molar-refractivity contribution in [2.75, 3.05) is 14.2 Å². The first-order valence-electron chi connectivity index (χ1n) is 5.90. The number of hydrogen-bond donors (Lipinski definition) is 1. The molecule has 0 aliphatic heterocycles. The fourth-order valence-electron chi connectivity index (χ4n) is 1.86. The van der Waals surface area contributed by atoms with Crippen LogP contribution in [0.5, 0.6) is 11.5 Å². The number of halogens is 1. The van der Waals surface area contributed by atoms with Gasteiger partial charge in [-0.05, 0) is 26.3 Å². The molecule has 1 N–H and O–H groups in total. The third-order valence-electron chi connectivity index (χ3n) is 3.05. The van der Waals surface area contributed by atoms with Crippen LogP contribution < -0.4 is 9.47 Å². The fourth-order valence-corrected chi connectivity index (χ4v) is 2.43. The van der Waals surface area contributed by atoms with Crippen molar-refractivity contribution in [3.63, 3.8) is 0 Å². The van der Waals surface area contributed by atoms with Gasteiger partial charge in [-0.3, -0.25) is 9.59 Å². The molecule has 6 heteroatoms. The van der Waals surface area contributed by atoms with E-state index in [2.05, 4.69) is 15.9 Å². The van der Waals surface area contributed by atoms with Crippen LogP contribution >= 0.6 is 15.9 Å². The van der Waals surface area contributed by atoms with Crippen LogP contribution in [-0.2, 0) is 11.2 Å². The predicted molar refractivity (Wildman–Crippen MR) is 77.8 cm³/mol. The summed E-state index contributed by atoms with van der Waals surface area (Å²) in [5.74, 6) is -0.231. The minimum Gasteiger partial charge on any atom is -0.493 e. The minimum absolute atomic E-state index is 0.238. The number of aliphatic carboxylic acids is 1. The normalized spacial score (nSPS) is 11.1. The highest BCUT2D eigenvalue weighted by Gasteiger charge is 2.31. The van der Waals surface area contributed by atoms with Crippen LogP contribution in [0, 0.1) is 5.41 Å². The standard InChI is InChI=1S/C14H17BrO5/c1-14(2,13(17)18)6-9-10(15)5-8(7-16)11(19-3)12(9)20-4/h5,7H,6H2,1-4H3,(H,17,18). The second-order valence-electron chi connectivity index (χ2n) is 4.98. The molecular formula is C14H17BrO5. The average molecular weight is 345 g/mol. The van der Waals surface area contributed by atoms with Gasteiger partial charge in [0.25, 0.3) is 0 Å². The first-order chi connectivity index (χ1) is 9.28. The van der Waals surface area contributed by atoms with Crippen LogP contribution in [0.15, 0.2) is 10.5 Å². The Balaban J connectivity index is 3.47. The molecule has 5 nitrogen and oxygen atoms in total. The maximum Gasteiger partial charge on any atom is 0.309 e. The predicted octanol–water partition coefficient (Wildman–Crippen LogP) is 2.93. The molecule has 0 amide bonds. The molecule has 20 heavy (non-hydrogen) atoms. The van der Waals surface area contributed by atoms with Crippen LogP contribution in [0.4, 0.5) is 0 Å². The Morgan fingerprint density at radius 1 is 1.35 bits per heavy atom. The Hall–Kier alpha value is -1.56. The molecule has 0 fully saturated rings. The number of hydrogen-bond acceptors (Lipinski definition) is 4. The number of aldehydes is 1. The Morgan fingerprint density at radius 3 is 2.30 bits per heavy atom. The van der Waals surface area contributed by atoms with Gasteiger partial charge in [-0.25, -0.2) is 0 Å². The molecule has 0 radical (unpaired) electrons. The lowest BCUT2D eigenvalue weighted by Crippen LogP contribution is -2.26. The van der Waals surface area contributed by atoms with Crippen molar-refractivity contribution in [2.24, 2.45) is 5.41 Å². The summed E-state index contributed by atoms with van der Waals surface area (Å²) in [5, 5.41) is 9.24. The van der Waals surface area contributed by atoms with Crippen molar-refractivity contribution < 1.29 is 24.2 Å². The minimum atomic E-state index is -0.969. The summed E-state index contributed by atoms with van der Waals surface area (Å²) in [7, 11) is 2.89. The summed E-state index contributed by atoms with van der Waals surface area (Å²) in [4.78, 5) is 22.3. The number of carbonyl (C=O) groups excluding carboxylic acids is 1. The molecule has 110 valence electrons. The van der Waals surface area contributed by atoms with E-state index in [1.54, 1.807) is 19.9 Å². The molecule has 0 aliphatic carbocycles. The second kappa shape index (κ2) is 6.26. The number of rotatable bonds is 6. The molecule has 0 bridgehead atoms. The van der Waals surface area contributed by atoms with Crippen molar-refractivity contribution in [1.29, 1.82) is 0 Å². The van der Waals surface area contributed by atoms with E-state index in [0.29, 0.717) is 33.4 Å². The Labute approximate surface area is 126 Å². The van der Waals surface area contributed by atoms with Gasteiger partial charge in [-0.1, -0.05) is 15.9 Å². The van der Waals surface area contributed by atoms with Crippen LogP contribution in [0.2, 0.25) is 0 Å². The molecule has 0 spiro atoms. The quantitative estimate of drug-likeness (QED) is 0.803. The van der Waals surface area contributed by atoms with Gasteiger partial charge in [0.15, 0.2) is 17.8 Å². The van der Waals surface area contributed by atoms with E-state index in [4.69, 9.17) is 9.47 Å². The number of carboxylic acids is 1. The van der Waals surface area contributed by atoms with Gasteiger partial charge in [0.2, 0.25) is 0 Å². The van der Waals surface area contributed by atoms with Gasteiger partial charge in [0.05, 0.1) is 25.2 Å². The molecular weight excluding hydrogens is 328 g/mol. The molecule has 0 unspecified atom stereocenters. The number of carboxylic acid groups (broad SMARTS) is 1. The topological polar surface area (TPSA) is 72.8 Å². The number of ether oxygens (including phenoxy) is 2. The molecule has 1 aromatic carbocycles. The molecule has 1 aromatic rings. The van der Waals surface area contributed by atoms with Gasteiger partial charge in [-0.2, -0.15) is 0 Å². The van der Waals surface area contributed by atoms with E-state index < -0.39 is 11.4 Å². The Kier molecular flexibility index (Phi) is 5.16. The van der Waals surface area contributed by atoms with Crippen molar-refractivity contribution in [2.45, 2.75) is 20.3 Å². The van der Waals surface area contributed by atoms with E-state index in [-0.39, 0.29) is 6.42 Å². The molecule has 1 rings (SSSR count). The monoisotopic (exact) mass is 344 g/mol. The third kappa shape index (κ3) is 3.12. The van der Waals surface area contributed by atoms with Crippen molar-refractivity contribution in [1.82, 2.24) is 0 Å². The Morgan fingerprint density at radius 2 is 1.90 bits per heavy atom. The van der Waals surface area contributed by atoms with Crippen LogP contribution in [-0.4, -0.2) is 31.6 Å². The fraction of sp³-hybridized carbons (Fsp3) is 0.429. The van der Waals surface area contributed by atoms with Gasteiger partial charge in [0.1, 0.15) is 0 Å². The molecule has 0 saturated heterocycles. The third-order valence-corrected chi connectivity index (χ3v) is 3.75. The number of methoxy groups -OCH3 is 2. The molecule has 0 aromatic heterocycles. The van der Waals surface area contributed by atoms with E-state index in [1.807, 2.05) is 0 Å². The summed E-state index contributed by atoms with van der Waals surface area (Å²) < 4.78 is 11.1. The zero-order chi connectivity index (χ0) is 15.5. The van der Waals surface area contributed by atoms with E-state index >= 15 is 0 Å². The first kappa shape index (κ1) is 16.5. The summed E-state index contributed by atoms with van der Waals surface area (Å²) in [6.07, 6.45) is 0.903. The zero-order valence-corrected chi connectivity index (χ0v) is 13.4. The van der Waals surface area contributed by atoms with E-state index in [9.17, 15) is 14.7 Å². The maximum atomic E-state index is 11.3. The van der Waals surface area contributed by atoms with Gasteiger partial charge >= 0.3 is 5.97 Å². The second-order valence-corrected chi connectivity index (χ2v) is 5.83. The molecule has 0 saturated carbocycles. The summed E-state index contributed by atoms with van der Waals surface area (Å²) in [6, 6.07) is 1.60. The van der Waals surface area contributed by atoms with E-state index in [1.165, 1.54) is 14.2 Å². The largest absolute Gasteiger partial charge is 0.493 e. The average Bonchev–Trinajstić information content (AvgIpc) is 2.39. The SMILES string of the molecule is COc1c(C=O)cc(Br)c(CC(C)(C)C(=O)O)c1OC. The summed E-state index contributed by atoms with van der Waals surface area (Å²) >= 11 is 3.36. The van der Waals surface area contributed by atoms with Crippen molar-refractivity contribution in [3.8, 4) is 11.5 Å². The van der Waals surface area contributed by atoms with Crippen LogP contribution in [0.3, 0.4) is 0 Å². The smallest absolute Gasteiger partial charge is 0.309 e.